The number of carbonyl (C=O) groups excluding carboxylic acids is 1. The Morgan fingerprint density at radius 2 is 2.41 bits per heavy atom. The predicted molar refractivity (Wildman–Crippen MR) is 60.9 cm³/mol. The molecule has 1 fully saturated rings. The monoisotopic (exact) mass is 231 g/mol. The molecule has 0 amide bonds. The number of rotatable bonds is 3. The molecule has 3 rings (SSSR count). The van der Waals surface area contributed by atoms with Gasteiger partial charge in [0.25, 0.3) is 0 Å². The third kappa shape index (κ3) is 1.77. The van der Waals surface area contributed by atoms with Crippen LogP contribution in [0.5, 0.6) is 0 Å². The Balaban J connectivity index is 2.12. The first-order valence-corrected chi connectivity index (χ1v) is 5.80. The highest BCUT2D eigenvalue weighted by molar-refractivity contribution is 5.95. The molecule has 0 atom stereocenters. The average molecular weight is 231 g/mol. The van der Waals surface area contributed by atoms with Crippen LogP contribution in [0, 0.1) is 0 Å². The number of fused-ring (bicyclic) bond motifs is 1. The van der Waals surface area contributed by atoms with Crippen molar-refractivity contribution in [1.82, 2.24) is 14.6 Å². The van der Waals surface area contributed by atoms with Gasteiger partial charge in [-0.25, -0.2) is 14.3 Å². The quantitative estimate of drug-likeness (QED) is 0.755. The van der Waals surface area contributed by atoms with Gasteiger partial charge in [-0.1, -0.05) is 0 Å². The molecule has 0 aromatic carbocycles. The van der Waals surface area contributed by atoms with Crippen LogP contribution in [0.4, 0.5) is 0 Å². The van der Waals surface area contributed by atoms with Crippen LogP contribution in [0.15, 0.2) is 18.6 Å². The Bertz CT molecular complexity index is 572. The topological polar surface area (TPSA) is 56.5 Å². The third-order valence-corrected chi connectivity index (χ3v) is 2.94. The normalized spacial score (nSPS) is 15.1. The average Bonchev–Trinajstić information content (AvgIpc) is 3.06. The standard InChI is InChI=1S/C12H13N3O2/c1-2-17-12(16)10-5-9(8-3-4-8)6-15-11(10)13-7-14-15/h5-8H,2-4H2,1H3. The van der Waals surface area contributed by atoms with E-state index in [1.165, 1.54) is 19.2 Å². The highest BCUT2D eigenvalue weighted by atomic mass is 16.5. The van der Waals surface area contributed by atoms with Crippen molar-refractivity contribution >= 4 is 11.6 Å². The molecule has 0 radical (unpaired) electrons. The second-order valence-corrected chi connectivity index (χ2v) is 4.21. The summed E-state index contributed by atoms with van der Waals surface area (Å²) >= 11 is 0. The Kier molecular flexibility index (Phi) is 2.31. The fraction of sp³-hybridized carbons (Fsp3) is 0.417. The van der Waals surface area contributed by atoms with E-state index in [4.69, 9.17) is 4.74 Å². The summed E-state index contributed by atoms with van der Waals surface area (Å²) in [4.78, 5) is 15.9. The Labute approximate surface area is 98.4 Å². The molecule has 2 heterocycles. The molecule has 88 valence electrons. The molecule has 0 aliphatic heterocycles. The maximum Gasteiger partial charge on any atom is 0.341 e. The molecule has 1 saturated carbocycles. The van der Waals surface area contributed by atoms with Crippen LogP contribution in [0.2, 0.25) is 0 Å². The molecule has 1 aliphatic rings. The zero-order valence-electron chi connectivity index (χ0n) is 9.59. The summed E-state index contributed by atoms with van der Waals surface area (Å²) in [5.41, 5.74) is 2.22. The first kappa shape index (κ1) is 10.3. The van der Waals surface area contributed by atoms with Crippen LogP contribution >= 0.6 is 0 Å². The number of hydrogen-bond donors (Lipinski definition) is 0. The van der Waals surface area contributed by atoms with Crippen molar-refractivity contribution < 1.29 is 9.53 Å². The Hall–Kier alpha value is -1.91. The molecule has 2 aromatic heterocycles. The van der Waals surface area contributed by atoms with Crippen LogP contribution in [0.1, 0.15) is 41.6 Å². The van der Waals surface area contributed by atoms with Crippen LogP contribution in [-0.4, -0.2) is 27.2 Å². The Morgan fingerprint density at radius 1 is 1.59 bits per heavy atom. The lowest BCUT2D eigenvalue weighted by Gasteiger charge is -2.06. The van der Waals surface area contributed by atoms with Crippen molar-refractivity contribution in [3.63, 3.8) is 0 Å². The highest BCUT2D eigenvalue weighted by Crippen LogP contribution is 2.40. The summed E-state index contributed by atoms with van der Waals surface area (Å²) < 4.78 is 6.69. The van der Waals surface area contributed by atoms with Crippen LogP contribution < -0.4 is 0 Å². The van der Waals surface area contributed by atoms with Crippen molar-refractivity contribution in [2.45, 2.75) is 25.7 Å². The lowest BCUT2D eigenvalue weighted by molar-refractivity contribution is 0.0528. The van der Waals surface area contributed by atoms with Gasteiger partial charge in [-0.2, -0.15) is 5.10 Å². The van der Waals surface area contributed by atoms with Gasteiger partial charge in [-0.3, -0.25) is 0 Å². The summed E-state index contributed by atoms with van der Waals surface area (Å²) in [6.07, 6.45) is 5.77. The van der Waals surface area contributed by atoms with Gasteiger partial charge in [-0.15, -0.1) is 0 Å². The lowest BCUT2D eigenvalue weighted by atomic mass is 10.1. The van der Waals surface area contributed by atoms with Gasteiger partial charge in [0.1, 0.15) is 11.9 Å². The number of nitrogens with zero attached hydrogens (tertiary/aromatic N) is 3. The van der Waals surface area contributed by atoms with E-state index in [9.17, 15) is 4.79 Å². The molecule has 17 heavy (non-hydrogen) atoms. The number of hydrogen-bond acceptors (Lipinski definition) is 4. The maximum absolute atomic E-state index is 11.8. The van der Waals surface area contributed by atoms with E-state index in [2.05, 4.69) is 10.1 Å². The number of carbonyl (C=O) groups is 1. The van der Waals surface area contributed by atoms with Crippen molar-refractivity contribution in [3.8, 4) is 0 Å². The van der Waals surface area contributed by atoms with E-state index < -0.39 is 0 Å². The molecule has 0 N–H and O–H groups in total. The largest absolute Gasteiger partial charge is 0.462 e. The van der Waals surface area contributed by atoms with Gasteiger partial charge in [0.05, 0.1) is 6.61 Å². The minimum absolute atomic E-state index is 0.326. The first-order valence-electron chi connectivity index (χ1n) is 5.80. The SMILES string of the molecule is CCOC(=O)c1cc(C2CC2)cn2ncnc12. The summed E-state index contributed by atoms with van der Waals surface area (Å²) in [6, 6.07) is 1.89. The van der Waals surface area contributed by atoms with Gasteiger partial charge in [0, 0.05) is 6.20 Å². The molecule has 0 spiro atoms. The van der Waals surface area contributed by atoms with Crippen molar-refractivity contribution in [3.05, 3.63) is 29.7 Å². The predicted octanol–water partition coefficient (Wildman–Crippen LogP) is 1.78. The second kappa shape index (κ2) is 3.84. The fourth-order valence-corrected chi connectivity index (χ4v) is 1.95. The number of esters is 1. The lowest BCUT2D eigenvalue weighted by Crippen LogP contribution is -2.08. The summed E-state index contributed by atoms with van der Waals surface area (Å²) in [6.45, 7) is 2.16. The molecule has 1 aliphatic carbocycles. The van der Waals surface area contributed by atoms with Gasteiger partial charge in [-0.05, 0) is 37.3 Å². The van der Waals surface area contributed by atoms with Gasteiger partial charge < -0.3 is 4.74 Å². The highest BCUT2D eigenvalue weighted by Gasteiger charge is 2.26. The maximum atomic E-state index is 11.8. The zero-order valence-corrected chi connectivity index (χ0v) is 9.59. The minimum atomic E-state index is -0.326. The fourth-order valence-electron chi connectivity index (χ4n) is 1.95. The summed E-state index contributed by atoms with van der Waals surface area (Å²) in [5.74, 6) is 0.241. The van der Waals surface area contributed by atoms with Gasteiger partial charge >= 0.3 is 5.97 Å². The first-order chi connectivity index (χ1) is 8.29. The summed E-state index contributed by atoms with van der Waals surface area (Å²) in [7, 11) is 0. The van der Waals surface area contributed by atoms with Gasteiger partial charge in [0.15, 0.2) is 5.65 Å². The molecule has 0 unspecified atom stereocenters. The number of ether oxygens (including phenoxy) is 1. The van der Waals surface area contributed by atoms with E-state index in [0.717, 1.165) is 5.56 Å². The van der Waals surface area contributed by atoms with Crippen LogP contribution in [0.25, 0.3) is 5.65 Å². The molecular weight excluding hydrogens is 218 g/mol. The number of aromatic nitrogens is 3. The van der Waals surface area contributed by atoms with Crippen LogP contribution in [0.3, 0.4) is 0 Å². The summed E-state index contributed by atoms with van der Waals surface area (Å²) in [5, 5.41) is 4.09. The van der Waals surface area contributed by atoms with Crippen molar-refractivity contribution in [1.29, 1.82) is 0 Å². The smallest absolute Gasteiger partial charge is 0.341 e. The van der Waals surface area contributed by atoms with E-state index in [-0.39, 0.29) is 5.97 Å². The Morgan fingerprint density at radius 3 is 3.12 bits per heavy atom. The van der Waals surface area contributed by atoms with Crippen LogP contribution in [-0.2, 0) is 4.74 Å². The third-order valence-electron chi connectivity index (χ3n) is 2.94. The molecule has 2 aromatic rings. The van der Waals surface area contributed by atoms with Gasteiger partial charge in [0.2, 0.25) is 0 Å². The van der Waals surface area contributed by atoms with E-state index in [1.54, 1.807) is 11.4 Å². The van der Waals surface area contributed by atoms with E-state index >= 15 is 0 Å². The second-order valence-electron chi connectivity index (χ2n) is 4.21. The van der Waals surface area contributed by atoms with E-state index in [0.29, 0.717) is 23.7 Å². The van der Waals surface area contributed by atoms with E-state index in [1.807, 2.05) is 12.3 Å². The molecule has 0 saturated heterocycles. The van der Waals surface area contributed by atoms with Crippen molar-refractivity contribution in [2.75, 3.05) is 6.61 Å². The molecule has 5 nitrogen and oxygen atoms in total. The number of pyridine rings is 1. The molecular formula is C12H13N3O2. The van der Waals surface area contributed by atoms with Crippen molar-refractivity contribution in [2.24, 2.45) is 0 Å². The minimum Gasteiger partial charge on any atom is -0.462 e. The zero-order chi connectivity index (χ0) is 11.8. The molecule has 0 bridgehead atoms. The molecule has 5 heteroatoms.